The maximum atomic E-state index is 11.7. The average Bonchev–Trinajstić information content (AvgIpc) is 3.15. The lowest BCUT2D eigenvalue weighted by molar-refractivity contribution is -0.133. The topological polar surface area (TPSA) is 90.7 Å². The Morgan fingerprint density at radius 1 is 0.962 bits per heavy atom. The van der Waals surface area contributed by atoms with E-state index in [0.717, 1.165) is 39.0 Å². The van der Waals surface area contributed by atoms with E-state index < -0.39 is 6.03 Å². The van der Waals surface area contributed by atoms with Gasteiger partial charge in [-0.15, -0.1) is 0 Å². The average molecular weight is 370 g/mol. The Morgan fingerprint density at radius 3 is 2.04 bits per heavy atom. The van der Waals surface area contributed by atoms with Crippen LogP contribution in [0.15, 0.2) is 0 Å². The second kappa shape index (κ2) is 10.7. The summed E-state index contributed by atoms with van der Waals surface area (Å²) in [4.78, 5) is 26.5. The molecule has 0 aromatic heterocycles. The van der Waals surface area contributed by atoms with Crippen LogP contribution in [0.25, 0.3) is 0 Å². The van der Waals surface area contributed by atoms with Gasteiger partial charge >= 0.3 is 6.03 Å². The molecule has 152 valence electrons. The number of primary amides is 1. The van der Waals surface area contributed by atoms with Crippen molar-refractivity contribution in [3.63, 3.8) is 0 Å². The van der Waals surface area contributed by atoms with Crippen molar-refractivity contribution in [2.45, 2.75) is 78.6 Å². The van der Waals surface area contributed by atoms with Gasteiger partial charge in [0.15, 0.2) is 0 Å². The van der Waals surface area contributed by atoms with Crippen molar-refractivity contribution in [1.29, 1.82) is 0 Å². The van der Waals surface area contributed by atoms with Gasteiger partial charge in [-0.25, -0.2) is 4.79 Å². The monoisotopic (exact) mass is 369 g/mol. The quantitative estimate of drug-likeness (QED) is 0.683. The number of amides is 3. The summed E-state index contributed by atoms with van der Waals surface area (Å²) >= 11 is 0. The predicted octanol–water partition coefficient (Wildman–Crippen LogP) is 1.38. The predicted molar refractivity (Wildman–Crippen MR) is 106 cm³/mol. The fourth-order valence-electron chi connectivity index (χ4n) is 3.51. The molecule has 0 aliphatic carbocycles. The van der Waals surface area contributed by atoms with Crippen LogP contribution in [0.3, 0.4) is 0 Å². The molecule has 2 atom stereocenters. The van der Waals surface area contributed by atoms with Crippen molar-refractivity contribution >= 4 is 11.9 Å². The lowest BCUT2D eigenvalue weighted by Gasteiger charge is -2.20. The number of nitrogens with one attached hydrogen (secondary N) is 2. The third-order valence-corrected chi connectivity index (χ3v) is 4.86. The molecule has 7 heteroatoms. The molecule has 0 aromatic rings. The molecule has 4 N–H and O–H groups in total. The van der Waals surface area contributed by atoms with Crippen molar-refractivity contribution in [3.05, 3.63) is 0 Å². The smallest absolute Gasteiger partial charge is 0.312 e. The molecular formula is C19H39N5O2. The highest BCUT2D eigenvalue weighted by molar-refractivity contribution is 5.78. The summed E-state index contributed by atoms with van der Waals surface area (Å²) in [6.45, 7) is 16.3. The van der Waals surface area contributed by atoms with Crippen molar-refractivity contribution in [1.82, 2.24) is 20.4 Å². The molecule has 0 radical (unpaired) electrons. The van der Waals surface area contributed by atoms with E-state index in [1.54, 1.807) is 0 Å². The number of hydrogen-bond acceptors (Lipinski definition) is 4. The van der Waals surface area contributed by atoms with Gasteiger partial charge in [-0.05, 0) is 26.7 Å². The summed E-state index contributed by atoms with van der Waals surface area (Å²) in [6, 6.07) is 1.41. The molecule has 0 aromatic carbocycles. The minimum atomic E-state index is -0.411. The molecule has 0 saturated carbocycles. The number of nitrogens with zero attached hydrogens (tertiary/aromatic N) is 2. The number of likely N-dealkylation sites (tertiary alicyclic amines) is 2. The molecule has 0 spiro atoms. The number of rotatable bonds is 5. The van der Waals surface area contributed by atoms with Crippen LogP contribution >= 0.6 is 0 Å². The maximum absolute atomic E-state index is 11.7. The first-order valence-electron chi connectivity index (χ1n) is 9.95. The third-order valence-electron chi connectivity index (χ3n) is 4.86. The van der Waals surface area contributed by atoms with Crippen LogP contribution in [0.4, 0.5) is 4.79 Å². The maximum Gasteiger partial charge on any atom is 0.312 e. The lowest BCUT2D eigenvalue weighted by atomic mass is 10.2. The van der Waals surface area contributed by atoms with Crippen LogP contribution in [-0.4, -0.2) is 72.1 Å². The summed E-state index contributed by atoms with van der Waals surface area (Å²) in [5, 5.41) is 6.20. The van der Waals surface area contributed by atoms with E-state index >= 15 is 0 Å². The van der Waals surface area contributed by atoms with Gasteiger partial charge in [-0.1, -0.05) is 27.7 Å². The first kappa shape index (κ1) is 22.7. The molecular weight excluding hydrogens is 330 g/mol. The van der Waals surface area contributed by atoms with E-state index in [1.807, 2.05) is 18.7 Å². The van der Waals surface area contributed by atoms with Crippen LogP contribution < -0.4 is 16.4 Å². The van der Waals surface area contributed by atoms with Crippen molar-refractivity contribution < 1.29 is 9.59 Å². The molecule has 2 heterocycles. The minimum absolute atomic E-state index is 0.132. The Morgan fingerprint density at radius 2 is 1.58 bits per heavy atom. The van der Waals surface area contributed by atoms with E-state index in [1.165, 1.54) is 0 Å². The number of nitrogens with two attached hydrogens (primary N) is 1. The van der Waals surface area contributed by atoms with Crippen molar-refractivity contribution in [3.8, 4) is 0 Å². The molecule has 2 rings (SSSR count). The molecule has 0 bridgehead atoms. The van der Waals surface area contributed by atoms with Gasteiger partial charge < -0.3 is 21.3 Å². The zero-order valence-electron chi connectivity index (χ0n) is 17.4. The van der Waals surface area contributed by atoms with E-state index in [9.17, 15) is 9.59 Å². The summed E-state index contributed by atoms with van der Waals surface area (Å²) < 4.78 is 0. The van der Waals surface area contributed by atoms with Gasteiger partial charge in [0, 0.05) is 56.3 Å². The molecule has 3 amide bonds. The van der Waals surface area contributed by atoms with Crippen molar-refractivity contribution in [2.24, 2.45) is 11.7 Å². The van der Waals surface area contributed by atoms with Crippen LogP contribution in [-0.2, 0) is 4.79 Å². The molecule has 7 nitrogen and oxygen atoms in total. The zero-order valence-corrected chi connectivity index (χ0v) is 17.4. The fraction of sp³-hybridized carbons (Fsp3) is 0.895. The standard InChI is InChI=1S/C11H22N2O.C8H17N3O/c1-8(2)11(14)13-6-5-10(7-13)12-9(3)4;1-6(2)11-4-3-7(5-11)10-8(9)12/h8-10,12H,5-7H2,1-4H3;6-7H,3-5H2,1-2H3,(H3,9,10,12). The van der Waals surface area contributed by atoms with E-state index in [0.29, 0.717) is 18.1 Å². The highest BCUT2D eigenvalue weighted by Crippen LogP contribution is 2.13. The van der Waals surface area contributed by atoms with Gasteiger partial charge in [-0.3, -0.25) is 9.69 Å². The van der Waals surface area contributed by atoms with Crippen LogP contribution in [0.2, 0.25) is 0 Å². The number of carbonyl (C=O) groups is 2. The number of carbonyl (C=O) groups excluding carboxylic acids is 2. The van der Waals surface area contributed by atoms with E-state index in [2.05, 4.69) is 43.2 Å². The Balaban J connectivity index is 0.000000263. The first-order valence-corrected chi connectivity index (χ1v) is 9.95. The van der Waals surface area contributed by atoms with Gasteiger partial charge in [-0.2, -0.15) is 0 Å². The van der Waals surface area contributed by atoms with Crippen LogP contribution in [0.5, 0.6) is 0 Å². The SMILES string of the molecule is CC(C)N1CCC(NC(N)=O)C1.CC(C)NC1CCN(C(=O)C(C)C)C1. The lowest BCUT2D eigenvalue weighted by Crippen LogP contribution is -2.41. The Labute approximate surface area is 159 Å². The zero-order chi connectivity index (χ0) is 19.9. The third kappa shape index (κ3) is 7.91. The summed E-state index contributed by atoms with van der Waals surface area (Å²) in [7, 11) is 0. The summed E-state index contributed by atoms with van der Waals surface area (Å²) in [5.41, 5.74) is 5.03. The first-order chi connectivity index (χ1) is 12.1. The largest absolute Gasteiger partial charge is 0.352 e. The van der Waals surface area contributed by atoms with Gasteiger partial charge in [0.1, 0.15) is 0 Å². The molecule has 2 fully saturated rings. The highest BCUT2D eigenvalue weighted by atomic mass is 16.2. The summed E-state index contributed by atoms with van der Waals surface area (Å²) in [6.07, 6.45) is 2.11. The highest BCUT2D eigenvalue weighted by Gasteiger charge is 2.27. The Hall–Kier alpha value is -1.34. The van der Waals surface area contributed by atoms with E-state index in [-0.39, 0.29) is 17.9 Å². The molecule has 26 heavy (non-hydrogen) atoms. The van der Waals surface area contributed by atoms with Gasteiger partial charge in [0.05, 0.1) is 0 Å². The minimum Gasteiger partial charge on any atom is -0.352 e. The Bertz CT molecular complexity index is 453. The number of hydrogen-bond donors (Lipinski definition) is 3. The molecule has 2 unspecified atom stereocenters. The molecule has 2 saturated heterocycles. The molecule has 2 aliphatic rings. The normalized spacial score (nSPS) is 23.5. The number of urea groups is 1. The van der Waals surface area contributed by atoms with Crippen molar-refractivity contribution in [2.75, 3.05) is 26.2 Å². The fourth-order valence-corrected chi connectivity index (χ4v) is 3.51. The molecule has 2 aliphatic heterocycles. The van der Waals surface area contributed by atoms with Crippen LogP contribution in [0, 0.1) is 5.92 Å². The second-order valence-corrected chi connectivity index (χ2v) is 8.33. The van der Waals surface area contributed by atoms with Crippen LogP contribution in [0.1, 0.15) is 54.4 Å². The van der Waals surface area contributed by atoms with Gasteiger partial charge in [0.25, 0.3) is 0 Å². The summed E-state index contributed by atoms with van der Waals surface area (Å²) in [5.74, 6) is 0.422. The van der Waals surface area contributed by atoms with Gasteiger partial charge in [0.2, 0.25) is 5.91 Å². The second-order valence-electron chi connectivity index (χ2n) is 8.33. The van der Waals surface area contributed by atoms with E-state index in [4.69, 9.17) is 5.73 Å². The Kier molecular flexibility index (Phi) is 9.36.